The molecule has 0 amide bonds. The van der Waals surface area contributed by atoms with E-state index in [0.717, 1.165) is 27.2 Å². The van der Waals surface area contributed by atoms with Gasteiger partial charge in [0.15, 0.2) is 0 Å². The van der Waals surface area contributed by atoms with Crippen LogP contribution in [-0.4, -0.2) is 33.8 Å². The van der Waals surface area contributed by atoms with Crippen molar-refractivity contribution in [1.29, 1.82) is 0 Å². The first-order valence-electron chi connectivity index (χ1n) is 7.38. The Morgan fingerprint density at radius 1 is 1.25 bits per heavy atom. The Morgan fingerprint density at radius 2 is 2.04 bits per heavy atom. The molecule has 8 heteroatoms. The van der Waals surface area contributed by atoms with Gasteiger partial charge in [0, 0.05) is 25.9 Å². The first-order chi connectivity index (χ1) is 11.5. The second kappa shape index (κ2) is 5.13. The van der Waals surface area contributed by atoms with Crippen molar-refractivity contribution < 1.29 is 4.52 Å². The van der Waals surface area contributed by atoms with Gasteiger partial charge in [0.05, 0.1) is 16.8 Å². The zero-order valence-electron chi connectivity index (χ0n) is 13.7. The van der Waals surface area contributed by atoms with Gasteiger partial charge in [-0.2, -0.15) is 0 Å². The summed E-state index contributed by atoms with van der Waals surface area (Å²) in [5.74, 6) is 0.408. The van der Waals surface area contributed by atoms with Crippen LogP contribution < -0.4 is 10.5 Å². The maximum absolute atomic E-state index is 12.9. The molecule has 0 bridgehead atoms. The zero-order chi connectivity index (χ0) is 17.0. The van der Waals surface area contributed by atoms with Crippen molar-refractivity contribution >= 4 is 37.5 Å². The number of rotatable bonds is 2. The molecule has 7 nitrogen and oxygen atoms in total. The fraction of sp³-hybridized carbons (Fsp3) is 0.250. The van der Waals surface area contributed by atoms with Gasteiger partial charge in [0.2, 0.25) is 5.88 Å². The highest BCUT2D eigenvalue weighted by molar-refractivity contribution is 7.25. The first-order valence-corrected chi connectivity index (χ1v) is 8.20. The third-order valence-electron chi connectivity index (χ3n) is 4.09. The van der Waals surface area contributed by atoms with Gasteiger partial charge in [-0.1, -0.05) is 5.16 Å². The van der Waals surface area contributed by atoms with Gasteiger partial charge in [-0.05, 0) is 19.9 Å². The summed E-state index contributed by atoms with van der Waals surface area (Å²) in [5, 5.41) is 4.82. The van der Waals surface area contributed by atoms with E-state index >= 15 is 0 Å². The smallest absolute Gasteiger partial charge is 0.278 e. The Bertz CT molecular complexity index is 1140. The quantitative estimate of drug-likeness (QED) is 0.558. The minimum absolute atomic E-state index is 0.174. The van der Waals surface area contributed by atoms with Crippen LogP contribution in [-0.2, 0) is 0 Å². The van der Waals surface area contributed by atoms with Gasteiger partial charge in [0.1, 0.15) is 21.4 Å². The minimum atomic E-state index is -0.174. The van der Waals surface area contributed by atoms with E-state index in [-0.39, 0.29) is 5.56 Å². The third kappa shape index (κ3) is 1.96. The van der Waals surface area contributed by atoms with Crippen LogP contribution in [0.15, 0.2) is 27.9 Å². The molecule has 0 fully saturated rings. The van der Waals surface area contributed by atoms with E-state index < -0.39 is 0 Å². The number of aryl methyl sites for hydroxylation is 1. The average Bonchev–Trinajstić information content (AvgIpc) is 3.10. The molecule has 4 heterocycles. The summed E-state index contributed by atoms with van der Waals surface area (Å²) in [6.07, 6.45) is 3.24. The van der Waals surface area contributed by atoms with E-state index in [9.17, 15) is 4.79 Å². The van der Waals surface area contributed by atoms with Crippen LogP contribution in [0.1, 0.15) is 11.3 Å². The molecule has 4 aromatic rings. The number of fused-ring (bicyclic) bond motifs is 3. The molecule has 0 aromatic carbocycles. The van der Waals surface area contributed by atoms with E-state index in [1.807, 2.05) is 38.9 Å². The highest BCUT2D eigenvalue weighted by atomic mass is 32.1. The standard InChI is InChI=1S/C16H15N5O2S/c1-8-9(2)19-23-16(8)21-7-18-12-11-10(20(3)4)5-6-17-14(11)24-13(12)15(21)22/h5-7H,1-4H3. The summed E-state index contributed by atoms with van der Waals surface area (Å²) in [4.78, 5) is 24.6. The second-order valence-corrected chi connectivity index (χ2v) is 6.80. The Labute approximate surface area is 141 Å². The lowest BCUT2D eigenvalue weighted by Gasteiger charge is -2.13. The van der Waals surface area contributed by atoms with Gasteiger partial charge in [-0.3, -0.25) is 4.79 Å². The maximum Gasteiger partial charge on any atom is 0.278 e. The number of pyridine rings is 1. The van der Waals surface area contributed by atoms with Crippen LogP contribution in [0.2, 0.25) is 0 Å². The van der Waals surface area contributed by atoms with Crippen LogP contribution in [0.25, 0.3) is 26.3 Å². The van der Waals surface area contributed by atoms with Crippen molar-refractivity contribution in [2.45, 2.75) is 13.8 Å². The lowest BCUT2D eigenvalue weighted by molar-refractivity contribution is 0.398. The Balaban J connectivity index is 2.08. The molecule has 24 heavy (non-hydrogen) atoms. The Hall–Kier alpha value is -2.74. The highest BCUT2D eigenvalue weighted by Gasteiger charge is 2.19. The number of hydrogen-bond acceptors (Lipinski definition) is 7. The number of anilines is 1. The van der Waals surface area contributed by atoms with E-state index in [0.29, 0.717) is 16.1 Å². The van der Waals surface area contributed by atoms with Gasteiger partial charge in [0.25, 0.3) is 5.56 Å². The van der Waals surface area contributed by atoms with Crippen molar-refractivity contribution in [1.82, 2.24) is 19.7 Å². The molecule has 0 N–H and O–H groups in total. The van der Waals surface area contributed by atoms with Crippen LogP contribution in [0.4, 0.5) is 5.69 Å². The van der Waals surface area contributed by atoms with Crippen molar-refractivity contribution in [2.75, 3.05) is 19.0 Å². The molecular formula is C16H15N5O2S. The van der Waals surface area contributed by atoms with Gasteiger partial charge in [-0.15, -0.1) is 11.3 Å². The average molecular weight is 341 g/mol. The minimum Gasteiger partial charge on any atom is -0.377 e. The molecule has 0 atom stereocenters. The molecule has 0 aliphatic rings. The SMILES string of the molecule is Cc1noc(-n2cnc3c(sc4nccc(N(C)C)c43)c2=O)c1C. The predicted molar refractivity (Wildman–Crippen MR) is 94.4 cm³/mol. The molecule has 0 radical (unpaired) electrons. The summed E-state index contributed by atoms with van der Waals surface area (Å²) >= 11 is 1.35. The predicted octanol–water partition coefficient (Wildman–Crippen LogP) is 2.67. The van der Waals surface area contributed by atoms with Crippen molar-refractivity contribution in [3.05, 3.63) is 40.2 Å². The topological polar surface area (TPSA) is 77.1 Å². The molecular weight excluding hydrogens is 326 g/mol. The molecule has 0 unspecified atom stereocenters. The van der Waals surface area contributed by atoms with Crippen LogP contribution in [0, 0.1) is 13.8 Å². The molecule has 4 rings (SSSR count). The van der Waals surface area contributed by atoms with Crippen LogP contribution >= 0.6 is 11.3 Å². The largest absolute Gasteiger partial charge is 0.377 e. The first kappa shape index (κ1) is 14.8. The Kier molecular flexibility index (Phi) is 3.17. The zero-order valence-corrected chi connectivity index (χ0v) is 14.5. The summed E-state index contributed by atoms with van der Waals surface area (Å²) in [6, 6.07) is 1.92. The van der Waals surface area contributed by atoms with Crippen molar-refractivity contribution in [2.24, 2.45) is 0 Å². The van der Waals surface area contributed by atoms with E-state index in [4.69, 9.17) is 4.52 Å². The second-order valence-electron chi connectivity index (χ2n) is 5.80. The van der Waals surface area contributed by atoms with Crippen molar-refractivity contribution in [3.63, 3.8) is 0 Å². The molecule has 4 aromatic heterocycles. The molecule has 0 spiro atoms. The Morgan fingerprint density at radius 3 is 2.71 bits per heavy atom. The fourth-order valence-corrected chi connectivity index (χ4v) is 3.73. The summed E-state index contributed by atoms with van der Waals surface area (Å²) in [7, 11) is 3.92. The lowest BCUT2D eigenvalue weighted by Crippen LogP contribution is -2.18. The molecule has 0 saturated carbocycles. The van der Waals surface area contributed by atoms with E-state index in [1.54, 1.807) is 6.20 Å². The highest BCUT2D eigenvalue weighted by Crippen LogP contribution is 2.35. The molecule has 0 aliphatic carbocycles. The summed E-state index contributed by atoms with van der Waals surface area (Å²) < 4.78 is 7.26. The third-order valence-corrected chi connectivity index (χ3v) is 5.17. The molecule has 122 valence electrons. The fourth-order valence-electron chi connectivity index (χ4n) is 2.68. The number of nitrogens with zero attached hydrogens (tertiary/aromatic N) is 5. The van der Waals surface area contributed by atoms with Crippen molar-refractivity contribution in [3.8, 4) is 5.88 Å². The van der Waals surface area contributed by atoms with Crippen LogP contribution in [0.3, 0.4) is 0 Å². The molecule has 0 aliphatic heterocycles. The van der Waals surface area contributed by atoms with E-state index in [1.165, 1.54) is 22.2 Å². The summed E-state index contributed by atoms with van der Waals surface area (Å²) in [6.45, 7) is 3.71. The van der Waals surface area contributed by atoms with Crippen LogP contribution in [0.5, 0.6) is 0 Å². The molecule has 0 saturated heterocycles. The lowest BCUT2D eigenvalue weighted by atomic mass is 10.2. The maximum atomic E-state index is 12.9. The van der Waals surface area contributed by atoms with Gasteiger partial charge in [-0.25, -0.2) is 14.5 Å². The van der Waals surface area contributed by atoms with Gasteiger partial charge < -0.3 is 9.42 Å². The number of hydrogen-bond donors (Lipinski definition) is 0. The monoisotopic (exact) mass is 341 g/mol. The number of aromatic nitrogens is 4. The number of thiophene rings is 1. The van der Waals surface area contributed by atoms with E-state index in [2.05, 4.69) is 15.1 Å². The van der Waals surface area contributed by atoms with Gasteiger partial charge >= 0.3 is 0 Å². The normalized spacial score (nSPS) is 11.5. The summed E-state index contributed by atoms with van der Waals surface area (Å²) in [5.41, 5.74) is 3.06.